The second kappa shape index (κ2) is 38.7. The van der Waals surface area contributed by atoms with Gasteiger partial charge in [0.15, 0.2) is 34.6 Å². The van der Waals surface area contributed by atoms with Gasteiger partial charge in [0, 0.05) is 128 Å². The number of hydrogen-bond donors (Lipinski definition) is 5. The number of para-hydroxylation sites is 2. The molecule has 4 aliphatic rings. The lowest BCUT2D eigenvalue weighted by Gasteiger charge is -2.22. The maximum absolute atomic E-state index is 13.7. The molecule has 27 heteroatoms. The number of carbonyl (C=O) groups excluding carboxylic acids is 10. The third-order valence-electron chi connectivity index (χ3n) is 17.9. The first-order valence-corrected chi connectivity index (χ1v) is 36.6. The number of phenolic OH excluding ortho intramolecular Hbond substituents is 1. The molecule has 6 aromatic rings. The molecule has 6 atom stereocenters. The van der Waals surface area contributed by atoms with Crippen molar-refractivity contribution in [2.75, 3.05) is 48.9 Å². The van der Waals surface area contributed by atoms with Gasteiger partial charge >= 0.3 is 11.9 Å². The van der Waals surface area contributed by atoms with Crippen molar-refractivity contribution in [2.24, 2.45) is 21.8 Å². The van der Waals surface area contributed by atoms with Crippen LogP contribution in [0.1, 0.15) is 146 Å². The van der Waals surface area contributed by atoms with Crippen molar-refractivity contribution >= 4 is 145 Å². The first-order chi connectivity index (χ1) is 50.4. The minimum Gasteiger partial charge on any atom is -0.504 e. The molecule has 0 unspecified atom stereocenters. The van der Waals surface area contributed by atoms with Gasteiger partial charge in [-0.2, -0.15) is 0 Å². The maximum atomic E-state index is 13.7. The average Bonchev–Trinajstić information content (AvgIpc) is 1.21. The third kappa shape index (κ3) is 21.8. The molecule has 0 spiro atoms. The molecule has 6 amide bonds. The van der Waals surface area contributed by atoms with Gasteiger partial charge in [0.1, 0.15) is 6.61 Å². The highest BCUT2D eigenvalue weighted by atomic mass is 79.9. The van der Waals surface area contributed by atoms with E-state index in [4.69, 9.17) is 37.4 Å². The summed E-state index contributed by atoms with van der Waals surface area (Å²) in [6.07, 6.45) is 7.89. The van der Waals surface area contributed by atoms with Gasteiger partial charge in [0.25, 0.3) is 11.8 Å². The van der Waals surface area contributed by atoms with E-state index in [0.717, 1.165) is 45.6 Å². The standard InChI is InChI=1S/C39H43ClN4O8.C22H30BrClN2O5.C17H14N2O3/c1-23(13-33(45)24(2)42-36(46)11-7-8-12-37(47)51-4)38(48)43-28-15-25(20-40)14-26(16-28)22-52-35-19-31-30(18-34(35)50-3)39(49)44-29(21-41-31)17-27-9-5-6-10-32(27)44;1-14(22(30)26-18-10-16(12-23)9-17(11-18)13-24)8-19(27)15(2)25-20(28)6-4-5-7-21(29)31-3;1-22-16-7-12-13(8-15(16)20)18-9-11-6-10-4-2-3-5-14(10)19(11)17(12)21/h5-6,9-10,14-16,18-19,21,23-24,29H,7-8,11-13,17,20,22H2,1-4H3,(H,42,46)(H,43,48);9-11,14-15H,4-8,12-13H2,1-3H3,(H,25,28)(H,26,30);2-5,7-9,11,20H,6H2,1H3/t23-,24+,29+;14-,15+;11-/m110/s1. The van der Waals surface area contributed by atoms with E-state index < -0.39 is 23.9 Å². The summed E-state index contributed by atoms with van der Waals surface area (Å²) in [5.74, 6) is -2.34. The van der Waals surface area contributed by atoms with Crippen LogP contribution in [0.3, 0.4) is 0 Å². The second-order valence-electron chi connectivity index (χ2n) is 25.8. The van der Waals surface area contributed by atoms with Crippen LogP contribution in [0.4, 0.5) is 34.1 Å². The number of alkyl halides is 3. The number of amides is 6. The van der Waals surface area contributed by atoms with Gasteiger partial charge in [-0.05, 0) is 121 Å². The molecular weight excluding hydrogens is 1460 g/mol. The molecule has 0 saturated heterocycles. The lowest BCUT2D eigenvalue weighted by molar-refractivity contribution is -0.141. The Morgan fingerprint density at radius 1 is 0.543 bits per heavy atom. The van der Waals surface area contributed by atoms with Crippen molar-refractivity contribution in [3.05, 3.63) is 154 Å². The normalized spacial score (nSPS) is 15.2. The molecule has 0 aliphatic carbocycles. The Labute approximate surface area is 628 Å². The van der Waals surface area contributed by atoms with Crippen LogP contribution in [0, 0.1) is 11.8 Å². The highest BCUT2D eigenvalue weighted by Crippen LogP contribution is 2.43. The highest BCUT2D eigenvalue weighted by molar-refractivity contribution is 9.08. The lowest BCUT2D eigenvalue weighted by Crippen LogP contribution is -2.39. The van der Waals surface area contributed by atoms with E-state index in [1.54, 1.807) is 86.3 Å². The van der Waals surface area contributed by atoms with Crippen LogP contribution in [0.5, 0.6) is 23.0 Å². The number of benzene rings is 6. The summed E-state index contributed by atoms with van der Waals surface area (Å²) in [5.41, 5.74) is 10.3. The molecule has 0 bridgehead atoms. The molecular formula is C78H87BrCl2N8O16. The van der Waals surface area contributed by atoms with Crippen molar-refractivity contribution in [1.29, 1.82) is 0 Å². The number of anilines is 4. The summed E-state index contributed by atoms with van der Waals surface area (Å²) in [6.45, 7) is 6.60. The van der Waals surface area contributed by atoms with Crippen molar-refractivity contribution < 1.29 is 76.7 Å². The fourth-order valence-electron chi connectivity index (χ4n) is 12.2. The molecule has 6 aromatic carbocycles. The Morgan fingerprint density at radius 3 is 1.41 bits per heavy atom. The topological polar surface area (TPSA) is 316 Å². The summed E-state index contributed by atoms with van der Waals surface area (Å²) in [5, 5.41) is 21.5. The number of rotatable bonds is 30. The minimum absolute atomic E-state index is 0.0100. The van der Waals surface area contributed by atoms with E-state index in [9.17, 15) is 53.1 Å². The largest absolute Gasteiger partial charge is 0.504 e. The average molecular weight is 1540 g/mol. The smallest absolute Gasteiger partial charge is 0.305 e. The molecule has 5 N–H and O–H groups in total. The van der Waals surface area contributed by atoms with Gasteiger partial charge in [-0.15, -0.1) is 23.2 Å². The fraction of sp³-hybridized carbons (Fsp3) is 0.385. The number of methoxy groups -OCH3 is 4. The van der Waals surface area contributed by atoms with Crippen LogP contribution in [-0.2, 0) is 84.4 Å². The number of esters is 2. The number of fused-ring (bicyclic) bond motifs is 8. The van der Waals surface area contributed by atoms with Gasteiger partial charge < -0.3 is 50.1 Å². The van der Waals surface area contributed by atoms with Gasteiger partial charge in [-0.3, -0.25) is 67.7 Å². The van der Waals surface area contributed by atoms with Crippen LogP contribution >= 0.6 is 39.1 Å². The summed E-state index contributed by atoms with van der Waals surface area (Å²) >= 11 is 15.5. The number of carbonyl (C=O) groups is 10. The van der Waals surface area contributed by atoms with E-state index in [0.29, 0.717) is 94.3 Å². The van der Waals surface area contributed by atoms with Gasteiger partial charge in [0.05, 0.1) is 75.1 Å². The van der Waals surface area contributed by atoms with Crippen molar-refractivity contribution in [3.8, 4) is 23.0 Å². The van der Waals surface area contributed by atoms with Crippen molar-refractivity contribution in [2.45, 2.75) is 153 Å². The zero-order valence-corrected chi connectivity index (χ0v) is 62.9. The van der Waals surface area contributed by atoms with E-state index in [1.807, 2.05) is 66.7 Å². The number of unbranched alkanes of at least 4 members (excludes halogenated alkanes) is 2. The summed E-state index contributed by atoms with van der Waals surface area (Å²) in [6, 6.07) is 31.3. The molecule has 0 fully saturated rings. The number of halogens is 3. The highest BCUT2D eigenvalue weighted by Gasteiger charge is 2.38. The Balaban J connectivity index is 0.000000221. The van der Waals surface area contributed by atoms with E-state index in [-0.39, 0.29) is 134 Å². The fourth-order valence-corrected chi connectivity index (χ4v) is 12.8. The van der Waals surface area contributed by atoms with E-state index >= 15 is 0 Å². The predicted molar refractivity (Wildman–Crippen MR) is 405 cm³/mol. The molecule has 4 aliphatic heterocycles. The molecule has 24 nitrogen and oxygen atoms in total. The van der Waals surface area contributed by atoms with Crippen molar-refractivity contribution in [1.82, 2.24) is 10.6 Å². The number of phenols is 1. The molecule has 4 heterocycles. The number of aromatic hydroxyl groups is 1. The number of nitrogens with zero attached hydrogens (tertiary/aromatic N) is 4. The second-order valence-corrected chi connectivity index (χ2v) is 26.9. The summed E-state index contributed by atoms with van der Waals surface area (Å²) in [7, 11) is 5.60. The third-order valence-corrected chi connectivity index (χ3v) is 19.2. The Morgan fingerprint density at radius 2 is 0.962 bits per heavy atom. The number of aliphatic imine (C=N–C) groups is 2. The SMILES string of the molecule is COC(=O)CCCCC(=O)N[C@@H](C)C(=O)C[C@@H](C)C(=O)Nc1cc(CCl)cc(CBr)c1.COC(=O)CCCCC(=O)N[C@@H](C)C(=O)C[C@@H](C)C(=O)Nc1cc(CCl)cc(COc2cc3c(cc2OC)C(=O)N2c4ccccc4C[C@H]2C=N3)c1.COc1cc2c(cc1O)N=C[C@@H]1Cc3ccccc3N1C2=O. The Bertz CT molecular complexity index is 4260. The number of nitrogens with one attached hydrogen (secondary N) is 4. The molecule has 105 heavy (non-hydrogen) atoms. The quantitative estimate of drug-likeness (QED) is 0.0159. The predicted octanol–water partition coefficient (Wildman–Crippen LogP) is 12.9. The van der Waals surface area contributed by atoms with Crippen LogP contribution < -0.4 is 45.3 Å². The zero-order chi connectivity index (χ0) is 76.0. The molecule has 556 valence electrons. The summed E-state index contributed by atoms with van der Waals surface area (Å²) in [4.78, 5) is 137. The number of ketones is 2. The monoisotopic (exact) mass is 1540 g/mol. The first-order valence-electron chi connectivity index (χ1n) is 34.4. The zero-order valence-electron chi connectivity index (χ0n) is 59.8. The van der Waals surface area contributed by atoms with E-state index in [2.05, 4.69) is 56.7 Å². The van der Waals surface area contributed by atoms with Crippen LogP contribution in [0.2, 0.25) is 0 Å². The van der Waals surface area contributed by atoms with E-state index in [1.165, 1.54) is 34.5 Å². The molecule has 0 radical (unpaired) electrons. The molecule has 0 saturated carbocycles. The first kappa shape index (κ1) is 80.7. The summed E-state index contributed by atoms with van der Waals surface area (Å²) < 4.78 is 26.1. The van der Waals surface area contributed by atoms with Crippen LogP contribution in [-0.4, -0.2) is 129 Å². The lowest BCUT2D eigenvalue weighted by atomic mass is 9.99. The van der Waals surface area contributed by atoms with Crippen LogP contribution in [0.15, 0.2) is 119 Å². The minimum atomic E-state index is -0.769. The Kier molecular flexibility index (Phi) is 29.7. The number of hydrogen-bond acceptors (Lipinski definition) is 18. The molecule has 0 aromatic heterocycles. The number of ether oxygens (including phenoxy) is 5. The van der Waals surface area contributed by atoms with Gasteiger partial charge in [-0.25, -0.2) is 0 Å². The van der Waals surface area contributed by atoms with Gasteiger partial charge in [0.2, 0.25) is 23.6 Å². The Hall–Kier alpha value is -9.98. The van der Waals surface area contributed by atoms with Crippen LogP contribution in [0.25, 0.3) is 0 Å². The number of Topliss-reactive ketones (excluding diaryl/α,β-unsaturated/α-hetero) is 2. The molecule has 10 rings (SSSR count). The van der Waals surface area contributed by atoms with Gasteiger partial charge in [-0.1, -0.05) is 78.3 Å². The maximum Gasteiger partial charge on any atom is 0.305 e. The van der Waals surface area contributed by atoms with Crippen molar-refractivity contribution in [3.63, 3.8) is 0 Å².